The van der Waals surface area contributed by atoms with Crippen LogP contribution in [0, 0.1) is 25.7 Å². The highest BCUT2D eigenvalue weighted by Gasteiger charge is 2.29. The van der Waals surface area contributed by atoms with E-state index < -0.39 is 5.97 Å². The van der Waals surface area contributed by atoms with Gasteiger partial charge in [0.05, 0.1) is 23.2 Å². The quantitative estimate of drug-likeness (QED) is 0.893. The number of thiazole rings is 1. The molecule has 1 aliphatic carbocycles. The van der Waals surface area contributed by atoms with Crippen molar-refractivity contribution in [2.75, 3.05) is 0 Å². The molecule has 0 unspecified atom stereocenters. The van der Waals surface area contributed by atoms with Crippen LogP contribution in [0.5, 0.6) is 0 Å². The Hall–Kier alpha value is -1.43. The van der Waals surface area contributed by atoms with Crippen LogP contribution in [-0.4, -0.2) is 22.0 Å². The molecule has 1 aliphatic rings. The molecule has 1 aromatic heterocycles. The number of carbonyl (C=O) groups excluding carboxylic acids is 1. The lowest BCUT2D eigenvalue weighted by Gasteiger charge is -2.25. The maximum absolute atomic E-state index is 12.1. The number of hydrogen-bond acceptors (Lipinski definition) is 4. The van der Waals surface area contributed by atoms with E-state index in [1.165, 1.54) is 0 Å². The number of nitrogens with zero attached hydrogens (tertiary/aromatic N) is 1. The molecule has 1 fully saturated rings. The molecule has 0 bridgehead atoms. The molecule has 0 saturated heterocycles. The first kappa shape index (κ1) is 15.0. The minimum absolute atomic E-state index is 0.0410. The number of aliphatic carboxylic acids is 1. The average molecular weight is 296 g/mol. The third kappa shape index (κ3) is 3.56. The summed E-state index contributed by atoms with van der Waals surface area (Å²) < 4.78 is 0. The van der Waals surface area contributed by atoms with E-state index in [0.29, 0.717) is 32.2 Å². The van der Waals surface area contributed by atoms with Crippen molar-refractivity contribution in [1.29, 1.82) is 0 Å². The second kappa shape index (κ2) is 6.35. The van der Waals surface area contributed by atoms with Crippen molar-refractivity contribution >= 4 is 23.2 Å². The van der Waals surface area contributed by atoms with Crippen molar-refractivity contribution in [2.24, 2.45) is 11.8 Å². The lowest BCUT2D eigenvalue weighted by molar-refractivity contribution is -0.144. The number of nitrogens with one attached hydrogen (secondary N) is 1. The number of aromatic nitrogens is 1. The average Bonchev–Trinajstić information content (AvgIpc) is 2.74. The number of carbonyl (C=O) groups is 2. The number of hydrogen-bond donors (Lipinski definition) is 2. The SMILES string of the molecule is Cc1nc(C)c(CNC(=O)C2CCC(C(=O)O)CC2)s1. The van der Waals surface area contributed by atoms with Gasteiger partial charge in [-0.2, -0.15) is 0 Å². The van der Waals surface area contributed by atoms with Gasteiger partial charge in [0.1, 0.15) is 0 Å². The summed E-state index contributed by atoms with van der Waals surface area (Å²) in [5.74, 6) is -1.01. The second-order valence-electron chi connectivity index (χ2n) is 5.35. The number of aryl methyl sites for hydroxylation is 2. The second-order valence-corrected chi connectivity index (χ2v) is 6.63. The van der Waals surface area contributed by atoms with E-state index in [0.717, 1.165) is 15.6 Å². The van der Waals surface area contributed by atoms with Gasteiger partial charge in [0.15, 0.2) is 0 Å². The Balaban J connectivity index is 1.81. The summed E-state index contributed by atoms with van der Waals surface area (Å²) in [5.41, 5.74) is 0.974. The Bertz CT molecular complexity index is 505. The molecule has 110 valence electrons. The number of carboxylic acids is 1. The van der Waals surface area contributed by atoms with Crippen molar-refractivity contribution < 1.29 is 14.7 Å². The van der Waals surface area contributed by atoms with Crippen LogP contribution < -0.4 is 5.32 Å². The van der Waals surface area contributed by atoms with Crippen LogP contribution in [0.1, 0.15) is 41.3 Å². The van der Waals surface area contributed by atoms with E-state index in [1.54, 1.807) is 11.3 Å². The zero-order valence-electron chi connectivity index (χ0n) is 11.8. The van der Waals surface area contributed by atoms with Crippen LogP contribution in [0.25, 0.3) is 0 Å². The highest BCUT2D eigenvalue weighted by molar-refractivity contribution is 7.11. The molecule has 0 aliphatic heterocycles. The molecule has 2 rings (SSSR count). The molecule has 5 nitrogen and oxygen atoms in total. The minimum atomic E-state index is -0.736. The predicted octanol–water partition coefficient (Wildman–Crippen LogP) is 2.27. The summed E-state index contributed by atoms with van der Waals surface area (Å²) in [5, 5.41) is 12.9. The van der Waals surface area contributed by atoms with Crippen molar-refractivity contribution in [1.82, 2.24) is 10.3 Å². The Morgan fingerprint density at radius 1 is 1.25 bits per heavy atom. The molecular formula is C14H20N2O3S. The van der Waals surface area contributed by atoms with Gasteiger partial charge in [-0.15, -0.1) is 11.3 Å². The third-order valence-electron chi connectivity index (χ3n) is 3.87. The largest absolute Gasteiger partial charge is 0.481 e. The lowest BCUT2D eigenvalue weighted by Crippen LogP contribution is -2.34. The Labute approximate surface area is 122 Å². The molecule has 2 N–H and O–H groups in total. The molecule has 1 saturated carbocycles. The van der Waals surface area contributed by atoms with Crippen molar-refractivity contribution in [3.05, 3.63) is 15.6 Å². The van der Waals surface area contributed by atoms with Crippen LogP contribution in [-0.2, 0) is 16.1 Å². The highest BCUT2D eigenvalue weighted by Crippen LogP contribution is 2.29. The van der Waals surface area contributed by atoms with E-state index in [-0.39, 0.29) is 17.7 Å². The van der Waals surface area contributed by atoms with Gasteiger partial charge < -0.3 is 10.4 Å². The summed E-state index contributed by atoms with van der Waals surface area (Å²) in [4.78, 5) is 28.4. The maximum atomic E-state index is 12.1. The lowest BCUT2D eigenvalue weighted by atomic mass is 9.81. The van der Waals surface area contributed by atoms with Crippen molar-refractivity contribution in [3.8, 4) is 0 Å². The Morgan fingerprint density at radius 3 is 2.35 bits per heavy atom. The first-order valence-corrected chi connectivity index (χ1v) is 7.72. The molecule has 1 amide bonds. The standard InChI is InChI=1S/C14H20N2O3S/c1-8-12(20-9(2)16-8)7-15-13(17)10-3-5-11(6-4-10)14(18)19/h10-11H,3-7H2,1-2H3,(H,15,17)(H,18,19). The highest BCUT2D eigenvalue weighted by atomic mass is 32.1. The molecule has 0 atom stereocenters. The van der Waals surface area contributed by atoms with Crippen LogP contribution in [0.15, 0.2) is 0 Å². The summed E-state index contributed by atoms with van der Waals surface area (Å²) in [6.45, 7) is 4.42. The zero-order valence-corrected chi connectivity index (χ0v) is 12.6. The van der Waals surface area contributed by atoms with Crippen molar-refractivity contribution in [2.45, 2.75) is 46.1 Å². The summed E-state index contributed by atoms with van der Waals surface area (Å²) >= 11 is 1.60. The van der Waals surface area contributed by atoms with Crippen LogP contribution in [0.2, 0.25) is 0 Å². The molecule has 1 heterocycles. The third-order valence-corrected chi connectivity index (χ3v) is 4.94. The smallest absolute Gasteiger partial charge is 0.306 e. The fourth-order valence-electron chi connectivity index (χ4n) is 2.65. The van der Waals surface area contributed by atoms with Gasteiger partial charge >= 0.3 is 5.97 Å². The van der Waals surface area contributed by atoms with E-state index in [9.17, 15) is 9.59 Å². The molecule has 0 aromatic carbocycles. The monoisotopic (exact) mass is 296 g/mol. The number of carboxylic acid groups (broad SMARTS) is 1. The van der Waals surface area contributed by atoms with Crippen molar-refractivity contribution in [3.63, 3.8) is 0 Å². The normalized spacial score (nSPS) is 22.5. The fourth-order valence-corrected chi connectivity index (χ4v) is 3.53. The van der Waals surface area contributed by atoms with Gasteiger partial charge in [0.2, 0.25) is 5.91 Å². The van der Waals surface area contributed by atoms with Gasteiger partial charge in [-0.3, -0.25) is 9.59 Å². The van der Waals surface area contributed by atoms with Gasteiger partial charge in [0, 0.05) is 10.8 Å². The van der Waals surface area contributed by atoms with E-state index in [2.05, 4.69) is 10.3 Å². The van der Waals surface area contributed by atoms with Crippen LogP contribution >= 0.6 is 11.3 Å². The first-order valence-electron chi connectivity index (χ1n) is 6.90. The minimum Gasteiger partial charge on any atom is -0.481 e. The maximum Gasteiger partial charge on any atom is 0.306 e. The van der Waals surface area contributed by atoms with Crippen LogP contribution in [0.3, 0.4) is 0 Å². The van der Waals surface area contributed by atoms with Gasteiger partial charge in [-0.25, -0.2) is 4.98 Å². The fraction of sp³-hybridized carbons (Fsp3) is 0.643. The Kier molecular flexibility index (Phi) is 4.75. The molecule has 20 heavy (non-hydrogen) atoms. The summed E-state index contributed by atoms with van der Waals surface area (Å²) in [7, 11) is 0. The summed E-state index contributed by atoms with van der Waals surface area (Å²) in [6, 6.07) is 0. The number of amides is 1. The molecule has 1 aromatic rings. The summed E-state index contributed by atoms with van der Waals surface area (Å²) in [6.07, 6.45) is 2.55. The molecule has 0 spiro atoms. The zero-order chi connectivity index (χ0) is 14.7. The molecule has 0 radical (unpaired) electrons. The van der Waals surface area contributed by atoms with Gasteiger partial charge in [0.25, 0.3) is 0 Å². The number of rotatable bonds is 4. The van der Waals surface area contributed by atoms with E-state index in [4.69, 9.17) is 5.11 Å². The first-order chi connectivity index (χ1) is 9.47. The van der Waals surface area contributed by atoms with E-state index in [1.807, 2.05) is 13.8 Å². The molecule has 6 heteroatoms. The molecular weight excluding hydrogens is 276 g/mol. The predicted molar refractivity (Wildman–Crippen MR) is 76.5 cm³/mol. The Morgan fingerprint density at radius 2 is 1.85 bits per heavy atom. The van der Waals surface area contributed by atoms with Gasteiger partial charge in [-0.1, -0.05) is 0 Å². The van der Waals surface area contributed by atoms with Crippen LogP contribution in [0.4, 0.5) is 0 Å². The van der Waals surface area contributed by atoms with Gasteiger partial charge in [-0.05, 0) is 39.5 Å². The van der Waals surface area contributed by atoms with E-state index >= 15 is 0 Å². The topological polar surface area (TPSA) is 79.3 Å².